The Bertz CT molecular complexity index is 958. The lowest BCUT2D eigenvalue weighted by atomic mass is 9.77. The van der Waals surface area contributed by atoms with Crippen LogP contribution in [-0.4, -0.2) is 22.1 Å². The number of aromatic nitrogens is 2. The van der Waals surface area contributed by atoms with Crippen molar-refractivity contribution in [3.8, 4) is 6.07 Å². The van der Waals surface area contributed by atoms with Crippen LogP contribution < -0.4 is 11.1 Å². The number of alkyl halides is 2. The Morgan fingerprint density at radius 3 is 2.83 bits per heavy atom. The van der Waals surface area contributed by atoms with Gasteiger partial charge < -0.3 is 11.1 Å². The summed E-state index contributed by atoms with van der Waals surface area (Å²) >= 11 is 5.69. The minimum atomic E-state index is -2.35. The molecule has 160 valence electrons. The molecule has 1 aromatic carbocycles. The SMILES string of the molecule is N#C[C@H]1C[C@@H](CCC(F)F)CC[C@@H]1n1cc(C(N)=O)c(Nc2ccc(Cl)c(F)c2)n1. The number of primary amides is 1. The van der Waals surface area contributed by atoms with Crippen LogP contribution in [0.5, 0.6) is 0 Å². The smallest absolute Gasteiger partial charge is 0.254 e. The van der Waals surface area contributed by atoms with Gasteiger partial charge in [-0.25, -0.2) is 13.2 Å². The first-order valence-corrected chi connectivity index (χ1v) is 9.95. The number of nitrogens with zero attached hydrogens (tertiary/aromatic N) is 3. The summed E-state index contributed by atoms with van der Waals surface area (Å²) in [4.78, 5) is 11.9. The van der Waals surface area contributed by atoms with Crippen LogP contribution >= 0.6 is 11.6 Å². The van der Waals surface area contributed by atoms with E-state index in [2.05, 4.69) is 16.5 Å². The van der Waals surface area contributed by atoms with Crippen molar-refractivity contribution in [2.75, 3.05) is 5.32 Å². The van der Waals surface area contributed by atoms with Gasteiger partial charge in [0.05, 0.1) is 23.1 Å². The van der Waals surface area contributed by atoms with Crippen LogP contribution in [0, 0.1) is 29.0 Å². The topological polar surface area (TPSA) is 96.7 Å². The molecule has 1 aromatic heterocycles. The van der Waals surface area contributed by atoms with Gasteiger partial charge >= 0.3 is 0 Å². The minimum absolute atomic E-state index is 0.0401. The van der Waals surface area contributed by atoms with E-state index < -0.39 is 24.1 Å². The number of nitriles is 1. The molecule has 0 radical (unpaired) electrons. The lowest BCUT2D eigenvalue weighted by Crippen LogP contribution is -2.27. The molecule has 1 aliphatic carbocycles. The molecule has 0 saturated heterocycles. The second-order valence-corrected chi connectivity index (χ2v) is 7.85. The molecule has 0 spiro atoms. The summed E-state index contributed by atoms with van der Waals surface area (Å²) in [6.07, 6.45) is 1.07. The quantitative estimate of drug-likeness (QED) is 0.631. The van der Waals surface area contributed by atoms with E-state index in [4.69, 9.17) is 17.3 Å². The Labute approximate surface area is 176 Å². The van der Waals surface area contributed by atoms with Crippen LogP contribution in [0.25, 0.3) is 0 Å². The molecule has 1 fully saturated rings. The Morgan fingerprint density at radius 1 is 1.43 bits per heavy atom. The van der Waals surface area contributed by atoms with E-state index in [1.54, 1.807) is 0 Å². The maximum absolute atomic E-state index is 13.7. The van der Waals surface area contributed by atoms with Crippen LogP contribution in [0.3, 0.4) is 0 Å². The molecule has 30 heavy (non-hydrogen) atoms. The van der Waals surface area contributed by atoms with Gasteiger partial charge in [-0.15, -0.1) is 0 Å². The predicted molar refractivity (Wildman–Crippen MR) is 106 cm³/mol. The van der Waals surface area contributed by atoms with Crippen molar-refractivity contribution in [3.05, 3.63) is 40.8 Å². The van der Waals surface area contributed by atoms with E-state index in [0.29, 0.717) is 31.4 Å². The molecule has 0 bridgehead atoms. The lowest BCUT2D eigenvalue weighted by molar-refractivity contribution is 0.100. The first-order chi connectivity index (χ1) is 14.3. The van der Waals surface area contributed by atoms with Crippen molar-refractivity contribution in [2.24, 2.45) is 17.6 Å². The largest absolute Gasteiger partial charge is 0.365 e. The molecule has 1 aliphatic rings. The van der Waals surface area contributed by atoms with Crippen molar-refractivity contribution >= 4 is 29.0 Å². The Hall–Kier alpha value is -2.73. The van der Waals surface area contributed by atoms with E-state index in [1.807, 2.05) is 0 Å². The van der Waals surface area contributed by atoms with Crippen molar-refractivity contribution < 1.29 is 18.0 Å². The summed E-state index contributed by atoms with van der Waals surface area (Å²) < 4.78 is 40.2. The molecule has 0 unspecified atom stereocenters. The molecule has 1 saturated carbocycles. The summed E-state index contributed by atoms with van der Waals surface area (Å²) in [6, 6.07) is 5.99. The van der Waals surface area contributed by atoms with Crippen LogP contribution in [0.15, 0.2) is 24.4 Å². The molecule has 0 aliphatic heterocycles. The summed E-state index contributed by atoms with van der Waals surface area (Å²) in [6.45, 7) is 0. The fraction of sp³-hybridized carbons (Fsp3) is 0.450. The molecule has 6 nitrogen and oxygen atoms in total. The highest BCUT2D eigenvalue weighted by Crippen LogP contribution is 2.39. The van der Waals surface area contributed by atoms with Gasteiger partial charge in [0.2, 0.25) is 6.43 Å². The summed E-state index contributed by atoms with van der Waals surface area (Å²) in [5.41, 5.74) is 5.89. The van der Waals surface area contributed by atoms with Crippen LogP contribution in [0.2, 0.25) is 5.02 Å². The molecule has 1 heterocycles. The Morgan fingerprint density at radius 2 is 2.20 bits per heavy atom. The Kier molecular flexibility index (Phi) is 6.87. The highest BCUT2D eigenvalue weighted by Gasteiger charge is 2.33. The molecule has 2 aromatic rings. The van der Waals surface area contributed by atoms with Crippen LogP contribution in [-0.2, 0) is 0 Å². The fourth-order valence-electron chi connectivity index (χ4n) is 3.87. The maximum Gasteiger partial charge on any atom is 0.254 e. The van der Waals surface area contributed by atoms with Crippen molar-refractivity contribution in [2.45, 2.75) is 44.6 Å². The van der Waals surface area contributed by atoms with E-state index in [-0.39, 0.29) is 34.8 Å². The third kappa shape index (κ3) is 5.05. The van der Waals surface area contributed by atoms with Gasteiger partial charge in [-0.1, -0.05) is 11.6 Å². The molecule has 10 heteroatoms. The van der Waals surface area contributed by atoms with Crippen molar-refractivity contribution in [1.29, 1.82) is 5.26 Å². The average Bonchev–Trinajstić information content (AvgIpc) is 3.12. The van der Waals surface area contributed by atoms with Crippen molar-refractivity contribution in [1.82, 2.24) is 9.78 Å². The Balaban J connectivity index is 1.80. The number of nitrogens with two attached hydrogens (primary N) is 1. The van der Waals surface area contributed by atoms with Crippen LogP contribution in [0.4, 0.5) is 24.7 Å². The molecule has 1 amide bonds. The number of halogens is 4. The van der Waals surface area contributed by atoms with Crippen LogP contribution in [0.1, 0.15) is 48.5 Å². The first kappa shape index (κ1) is 22.0. The standard InChI is InChI=1S/C20H21ClF3N5O/c21-15-4-3-13(8-16(15)22)27-20-14(19(26)30)10-29(28-20)17-5-1-11(2-6-18(23)24)7-12(17)9-25/h3-4,8,10-12,17-18H,1-2,5-7H2,(H2,26,30)(H,27,28)/t11-,12-,17+/m1/s1. The van der Waals surface area contributed by atoms with Gasteiger partial charge in [0.15, 0.2) is 5.82 Å². The second kappa shape index (κ2) is 9.39. The predicted octanol–water partition coefficient (Wildman–Crippen LogP) is 5.04. The number of anilines is 2. The third-order valence-corrected chi connectivity index (χ3v) is 5.71. The zero-order valence-electron chi connectivity index (χ0n) is 16.0. The molecule has 3 rings (SSSR count). The number of hydrogen-bond donors (Lipinski definition) is 2. The number of nitrogens with one attached hydrogen (secondary N) is 1. The van der Waals surface area contributed by atoms with Gasteiger partial charge in [0.1, 0.15) is 11.4 Å². The normalized spacial score (nSPS) is 21.4. The average molecular weight is 440 g/mol. The molecular weight excluding hydrogens is 419 g/mol. The monoisotopic (exact) mass is 439 g/mol. The summed E-state index contributed by atoms with van der Waals surface area (Å²) in [5.74, 6) is -1.59. The fourth-order valence-corrected chi connectivity index (χ4v) is 3.98. The third-order valence-electron chi connectivity index (χ3n) is 5.40. The number of carbonyl (C=O) groups is 1. The lowest BCUT2D eigenvalue weighted by Gasteiger charge is -2.32. The second-order valence-electron chi connectivity index (χ2n) is 7.44. The van der Waals surface area contributed by atoms with Gasteiger partial charge in [0, 0.05) is 18.3 Å². The first-order valence-electron chi connectivity index (χ1n) is 9.57. The molecule has 3 N–H and O–H groups in total. The maximum atomic E-state index is 13.7. The van der Waals surface area contributed by atoms with E-state index in [9.17, 15) is 23.2 Å². The van der Waals surface area contributed by atoms with Gasteiger partial charge in [0.25, 0.3) is 5.91 Å². The summed E-state index contributed by atoms with van der Waals surface area (Å²) in [7, 11) is 0. The highest BCUT2D eigenvalue weighted by molar-refractivity contribution is 6.30. The zero-order chi connectivity index (χ0) is 21.8. The van der Waals surface area contributed by atoms with E-state index in [0.717, 1.165) is 0 Å². The number of amides is 1. The number of carbonyl (C=O) groups excluding carboxylic acids is 1. The number of rotatable bonds is 7. The van der Waals surface area contributed by atoms with Gasteiger partial charge in [-0.2, -0.15) is 10.4 Å². The van der Waals surface area contributed by atoms with Crippen molar-refractivity contribution in [3.63, 3.8) is 0 Å². The number of hydrogen-bond acceptors (Lipinski definition) is 4. The number of benzene rings is 1. The van der Waals surface area contributed by atoms with E-state index in [1.165, 1.54) is 29.1 Å². The minimum Gasteiger partial charge on any atom is -0.365 e. The van der Waals surface area contributed by atoms with Gasteiger partial charge in [-0.05, 0) is 49.8 Å². The highest BCUT2D eigenvalue weighted by atomic mass is 35.5. The molecule has 3 atom stereocenters. The van der Waals surface area contributed by atoms with Gasteiger partial charge in [-0.3, -0.25) is 9.48 Å². The molecular formula is C20H21ClF3N5O. The van der Waals surface area contributed by atoms with E-state index >= 15 is 0 Å². The zero-order valence-corrected chi connectivity index (χ0v) is 16.7. The summed E-state index contributed by atoms with van der Waals surface area (Å²) in [5, 5.41) is 16.8.